The van der Waals surface area contributed by atoms with Gasteiger partial charge < -0.3 is 5.11 Å². The Labute approximate surface area is 147 Å². The maximum absolute atomic E-state index is 13.0. The number of sulfonamides is 1. The van der Waals surface area contributed by atoms with Crippen molar-refractivity contribution in [2.75, 3.05) is 4.72 Å². The van der Waals surface area contributed by atoms with Crippen LogP contribution in [0.1, 0.15) is 16.7 Å². The zero-order valence-electron chi connectivity index (χ0n) is 13.4. The van der Waals surface area contributed by atoms with Gasteiger partial charge in [-0.1, -0.05) is 18.2 Å². The molecule has 0 bridgehead atoms. The molecule has 0 radical (unpaired) electrons. The van der Waals surface area contributed by atoms with Gasteiger partial charge in [-0.2, -0.15) is 13.2 Å². The van der Waals surface area contributed by atoms with Crippen LogP contribution in [0.2, 0.25) is 0 Å². The van der Waals surface area contributed by atoms with E-state index in [0.717, 1.165) is 18.2 Å². The molecule has 0 atom stereocenters. The molecule has 0 aliphatic heterocycles. The van der Waals surface area contributed by atoms with Crippen molar-refractivity contribution in [3.63, 3.8) is 0 Å². The molecule has 0 aromatic heterocycles. The highest BCUT2D eigenvalue weighted by Crippen LogP contribution is 2.33. The Bertz CT molecular complexity index is 966. The number of anilines is 1. The van der Waals surface area contributed by atoms with Crippen LogP contribution in [0.15, 0.2) is 53.4 Å². The van der Waals surface area contributed by atoms with E-state index >= 15 is 0 Å². The number of benzene rings is 2. The van der Waals surface area contributed by atoms with Gasteiger partial charge in [0, 0.05) is 11.8 Å². The van der Waals surface area contributed by atoms with Gasteiger partial charge in [0.2, 0.25) is 0 Å². The van der Waals surface area contributed by atoms with Crippen LogP contribution in [0.5, 0.6) is 0 Å². The molecule has 2 aromatic carbocycles. The zero-order chi connectivity index (χ0) is 19.5. The normalized spacial score (nSPS) is 12.3. The summed E-state index contributed by atoms with van der Waals surface area (Å²) in [6.07, 6.45) is -2.53. The molecular weight excluding hydrogens is 371 g/mol. The summed E-state index contributed by atoms with van der Waals surface area (Å²) in [7, 11) is -4.25. The van der Waals surface area contributed by atoms with Gasteiger partial charge >= 0.3 is 12.1 Å². The molecule has 0 saturated carbocycles. The van der Waals surface area contributed by atoms with E-state index in [-0.39, 0.29) is 11.3 Å². The second-order valence-electron chi connectivity index (χ2n) is 5.38. The van der Waals surface area contributed by atoms with Gasteiger partial charge in [0.25, 0.3) is 10.0 Å². The minimum absolute atomic E-state index is 0.0859. The maximum Gasteiger partial charge on any atom is 0.416 e. The summed E-state index contributed by atoms with van der Waals surface area (Å²) in [4.78, 5) is 10.00. The predicted molar refractivity (Wildman–Crippen MR) is 90.1 cm³/mol. The maximum atomic E-state index is 13.0. The number of alkyl halides is 3. The van der Waals surface area contributed by atoms with Crippen LogP contribution in [0.3, 0.4) is 0 Å². The van der Waals surface area contributed by atoms with Crippen LogP contribution in [0.4, 0.5) is 18.9 Å². The first-order valence-electron chi connectivity index (χ1n) is 7.21. The average molecular weight is 385 g/mol. The molecule has 138 valence electrons. The first kappa shape index (κ1) is 19.5. The smallest absolute Gasteiger partial charge is 0.416 e. The number of aryl methyl sites for hydroxylation is 1. The van der Waals surface area contributed by atoms with Crippen LogP contribution in [-0.2, 0) is 21.0 Å². The Kier molecular flexibility index (Phi) is 5.41. The fraction of sp³-hybridized carbons (Fsp3) is 0.118. The summed E-state index contributed by atoms with van der Waals surface area (Å²) < 4.78 is 65.9. The van der Waals surface area contributed by atoms with Crippen LogP contribution in [0, 0.1) is 6.92 Å². The van der Waals surface area contributed by atoms with Crippen molar-refractivity contribution in [1.82, 2.24) is 0 Å². The Morgan fingerprint density at radius 1 is 1.15 bits per heavy atom. The number of nitrogens with one attached hydrogen (secondary N) is 1. The quantitative estimate of drug-likeness (QED) is 0.765. The average Bonchev–Trinajstić information content (AvgIpc) is 2.52. The van der Waals surface area contributed by atoms with Crippen molar-refractivity contribution in [1.29, 1.82) is 0 Å². The number of aliphatic carboxylic acids is 1. The highest BCUT2D eigenvalue weighted by Gasteiger charge is 2.33. The molecule has 2 aromatic rings. The Morgan fingerprint density at radius 3 is 2.46 bits per heavy atom. The minimum Gasteiger partial charge on any atom is -0.478 e. The minimum atomic E-state index is -4.67. The van der Waals surface area contributed by atoms with Gasteiger partial charge in [-0.15, -0.1) is 0 Å². The molecule has 0 saturated heterocycles. The van der Waals surface area contributed by atoms with Gasteiger partial charge in [-0.25, -0.2) is 13.2 Å². The lowest BCUT2D eigenvalue weighted by molar-refractivity contribution is -0.138. The standard InChI is InChI=1S/C17H14F3NO4S/c1-11-5-7-14(10-15(11)17(18,19)20)26(24,25)21-13-4-2-3-12(9-13)6-8-16(22)23/h2-10,21H,1H3,(H,22,23)/b8-6+. The van der Waals surface area contributed by atoms with Gasteiger partial charge in [0.15, 0.2) is 0 Å². The summed E-state index contributed by atoms with van der Waals surface area (Å²) >= 11 is 0. The number of hydrogen-bond donors (Lipinski definition) is 2. The van der Waals surface area contributed by atoms with Gasteiger partial charge in [0.1, 0.15) is 0 Å². The molecule has 2 N–H and O–H groups in total. The number of rotatable bonds is 5. The molecule has 0 aliphatic carbocycles. The Morgan fingerprint density at radius 2 is 1.85 bits per heavy atom. The van der Waals surface area contributed by atoms with Crippen molar-refractivity contribution in [2.45, 2.75) is 18.0 Å². The van der Waals surface area contributed by atoms with Gasteiger partial charge in [-0.05, 0) is 48.4 Å². The largest absolute Gasteiger partial charge is 0.478 e. The van der Waals surface area contributed by atoms with Crippen LogP contribution < -0.4 is 4.72 Å². The summed E-state index contributed by atoms with van der Waals surface area (Å²) in [5, 5.41) is 8.60. The summed E-state index contributed by atoms with van der Waals surface area (Å²) in [5.74, 6) is -1.17. The SMILES string of the molecule is Cc1ccc(S(=O)(=O)Nc2cccc(/C=C/C(=O)O)c2)cc1C(F)(F)F. The molecule has 9 heteroatoms. The number of carboxylic acids is 1. The summed E-state index contributed by atoms with van der Waals surface area (Å²) in [6.45, 7) is 1.24. The van der Waals surface area contributed by atoms with E-state index in [0.29, 0.717) is 11.6 Å². The van der Waals surface area contributed by atoms with Crippen LogP contribution >= 0.6 is 0 Å². The second-order valence-corrected chi connectivity index (χ2v) is 7.06. The van der Waals surface area contributed by atoms with Crippen molar-refractivity contribution >= 4 is 27.8 Å². The highest BCUT2D eigenvalue weighted by molar-refractivity contribution is 7.92. The second kappa shape index (κ2) is 7.20. The van der Waals surface area contributed by atoms with Crippen molar-refractivity contribution in [2.24, 2.45) is 0 Å². The third kappa shape index (κ3) is 4.85. The summed E-state index contributed by atoms with van der Waals surface area (Å²) in [6, 6.07) is 8.53. The topological polar surface area (TPSA) is 83.5 Å². The van der Waals surface area contributed by atoms with E-state index in [2.05, 4.69) is 4.72 Å². The van der Waals surface area contributed by atoms with Gasteiger partial charge in [-0.3, -0.25) is 4.72 Å². The fourth-order valence-electron chi connectivity index (χ4n) is 2.16. The van der Waals surface area contributed by atoms with Crippen molar-refractivity contribution in [3.05, 3.63) is 65.2 Å². The van der Waals surface area contributed by atoms with E-state index in [1.165, 1.54) is 31.2 Å². The summed E-state index contributed by atoms with van der Waals surface area (Å²) in [5.41, 5.74) is -0.616. The lowest BCUT2D eigenvalue weighted by Gasteiger charge is -2.13. The Balaban J connectivity index is 2.35. The van der Waals surface area contributed by atoms with Crippen molar-refractivity contribution < 1.29 is 31.5 Å². The molecule has 0 amide bonds. The monoisotopic (exact) mass is 385 g/mol. The van der Waals surface area contributed by atoms with E-state index < -0.39 is 32.6 Å². The number of carbonyl (C=O) groups is 1. The molecule has 0 spiro atoms. The molecule has 2 rings (SSSR count). The third-order valence-corrected chi connectivity index (χ3v) is 4.76. The first-order chi connectivity index (χ1) is 12.0. The zero-order valence-corrected chi connectivity index (χ0v) is 14.2. The molecule has 0 heterocycles. The molecule has 0 aliphatic rings. The fourth-order valence-corrected chi connectivity index (χ4v) is 3.24. The van der Waals surface area contributed by atoms with Crippen LogP contribution in [0.25, 0.3) is 6.08 Å². The lowest BCUT2D eigenvalue weighted by atomic mass is 10.1. The Hall–Kier alpha value is -2.81. The predicted octanol–water partition coefficient (Wildman–Crippen LogP) is 3.91. The molecule has 0 fully saturated rings. The number of hydrogen-bond acceptors (Lipinski definition) is 3. The van der Waals surface area contributed by atoms with Gasteiger partial charge in [0.05, 0.1) is 10.5 Å². The molecular formula is C17H14F3NO4S. The van der Waals surface area contributed by atoms with E-state index in [1.54, 1.807) is 6.07 Å². The number of carboxylic acid groups (broad SMARTS) is 1. The van der Waals surface area contributed by atoms with Crippen LogP contribution in [-0.4, -0.2) is 19.5 Å². The van der Waals surface area contributed by atoms with E-state index in [9.17, 15) is 26.4 Å². The first-order valence-corrected chi connectivity index (χ1v) is 8.69. The van der Waals surface area contributed by atoms with E-state index in [1.807, 2.05) is 0 Å². The third-order valence-electron chi connectivity index (χ3n) is 3.38. The van der Waals surface area contributed by atoms with E-state index in [4.69, 9.17) is 5.11 Å². The molecule has 0 unspecified atom stereocenters. The molecule has 5 nitrogen and oxygen atoms in total. The molecule has 26 heavy (non-hydrogen) atoms. The van der Waals surface area contributed by atoms with Crippen molar-refractivity contribution in [3.8, 4) is 0 Å². The number of halogens is 3. The highest BCUT2D eigenvalue weighted by atomic mass is 32.2. The lowest BCUT2D eigenvalue weighted by Crippen LogP contribution is -2.15.